The quantitative estimate of drug-likeness (QED) is 0.392. The van der Waals surface area contributed by atoms with E-state index in [1.807, 2.05) is 30.3 Å². The van der Waals surface area contributed by atoms with Crippen LogP contribution in [-0.4, -0.2) is 32.2 Å². The molecule has 3 rings (SSSR count). The Kier molecular flexibility index (Phi) is 7.17. The van der Waals surface area contributed by atoms with Crippen molar-refractivity contribution in [3.63, 3.8) is 0 Å². The van der Waals surface area contributed by atoms with Gasteiger partial charge in [0.1, 0.15) is 12.4 Å². The lowest BCUT2D eigenvalue weighted by molar-refractivity contribution is 0.104. The molecule has 0 aliphatic rings. The molecule has 0 heterocycles. The fourth-order valence-electron chi connectivity index (χ4n) is 2.96. The van der Waals surface area contributed by atoms with Crippen LogP contribution >= 0.6 is 0 Å². The summed E-state index contributed by atoms with van der Waals surface area (Å²) < 4.78 is 21.6. The number of aromatic hydroxyl groups is 1. The Balaban J connectivity index is 1.78. The first-order valence-corrected chi connectivity index (χ1v) is 9.58. The number of ketones is 1. The first-order chi connectivity index (χ1) is 15.0. The number of carbonyl (C=O) groups is 1. The predicted octanol–water partition coefficient (Wildman–Crippen LogP) is 4.89. The van der Waals surface area contributed by atoms with Crippen molar-refractivity contribution in [1.29, 1.82) is 0 Å². The van der Waals surface area contributed by atoms with E-state index >= 15 is 0 Å². The number of ether oxygens (including phenoxy) is 4. The maximum Gasteiger partial charge on any atom is 0.185 e. The molecule has 0 saturated carbocycles. The van der Waals surface area contributed by atoms with E-state index in [-0.39, 0.29) is 11.5 Å². The van der Waals surface area contributed by atoms with Gasteiger partial charge in [-0.3, -0.25) is 4.79 Å². The highest BCUT2D eigenvalue weighted by atomic mass is 16.5. The van der Waals surface area contributed by atoms with Crippen molar-refractivity contribution in [3.8, 4) is 28.7 Å². The minimum atomic E-state index is -0.247. The lowest BCUT2D eigenvalue weighted by Crippen LogP contribution is -1.98. The summed E-state index contributed by atoms with van der Waals surface area (Å²) in [7, 11) is 4.56. The molecule has 6 heteroatoms. The predicted molar refractivity (Wildman–Crippen MR) is 118 cm³/mol. The van der Waals surface area contributed by atoms with Crippen LogP contribution in [0.3, 0.4) is 0 Å². The molecule has 31 heavy (non-hydrogen) atoms. The van der Waals surface area contributed by atoms with E-state index in [4.69, 9.17) is 18.9 Å². The van der Waals surface area contributed by atoms with Crippen LogP contribution < -0.4 is 18.9 Å². The summed E-state index contributed by atoms with van der Waals surface area (Å²) in [6.07, 6.45) is 2.90. The fraction of sp³-hybridized carbons (Fsp3) is 0.160. The first-order valence-electron chi connectivity index (χ1n) is 9.58. The Hall–Kier alpha value is -3.93. The van der Waals surface area contributed by atoms with Crippen molar-refractivity contribution in [3.05, 3.63) is 83.4 Å². The highest BCUT2D eigenvalue weighted by Crippen LogP contribution is 2.35. The second-order valence-corrected chi connectivity index (χ2v) is 6.60. The van der Waals surface area contributed by atoms with Gasteiger partial charge < -0.3 is 24.1 Å². The molecule has 3 aromatic carbocycles. The summed E-state index contributed by atoms with van der Waals surface area (Å²) in [4.78, 5) is 12.6. The molecule has 6 nitrogen and oxygen atoms in total. The molecule has 0 fully saturated rings. The topological polar surface area (TPSA) is 74.2 Å². The Labute approximate surface area is 181 Å². The van der Waals surface area contributed by atoms with Crippen molar-refractivity contribution in [2.75, 3.05) is 21.3 Å². The highest BCUT2D eigenvalue weighted by Gasteiger charge is 2.12. The lowest BCUT2D eigenvalue weighted by Gasteiger charge is -2.13. The Bertz CT molecular complexity index is 1070. The summed E-state index contributed by atoms with van der Waals surface area (Å²) >= 11 is 0. The van der Waals surface area contributed by atoms with Gasteiger partial charge in [0.15, 0.2) is 28.8 Å². The zero-order valence-corrected chi connectivity index (χ0v) is 17.6. The minimum Gasteiger partial charge on any atom is -0.507 e. The molecule has 0 bridgehead atoms. The van der Waals surface area contributed by atoms with Gasteiger partial charge in [0.05, 0.1) is 21.3 Å². The number of carbonyl (C=O) groups excluding carboxylic acids is 1. The molecule has 0 saturated heterocycles. The lowest BCUT2D eigenvalue weighted by atomic mass is 10.1. The van der Waals surface area contributed by atoms with E-state index in [1.54, 1.807) is 24.3 Å². The van der Waals surface area contributed by atoms with Crippen LogP contribution in [-0.2, 0) is 6.61 Å². The van der Waals surface area contributed by atoms with E-state index < -0.39 is 0 Å². The SMILES string of the molecule is COc1ccc(C(=O)C=Cc2cc(OC)c(OCc3ccccc3)cc2O)cc1OC. The summed E-state index contributed by atoms with van der Waals surface area (Å²) in [5.41, 5.74) is 1.86. The van der Waals surface area contributed by atoms with Crippen LogP contribution in [0.5, 0.6) is 28.7 Å². The van der Waals surface area contributed by atoms with Crippen LogP contribution in [0.25, 0.3) is 6.08 Å². The number of methoxy groups -OCH3 is 3. The van der Waals surface area contributed by atoms with Crippen LogP contribution in [0.4, 0.5) is 0 Å². The average Bonchev–Trinajstić information content (AvgIpc) is 2.81. The second-order valence-electron chi connectivity index (χ2n) is 6.60. The molecular formula is C25H24O6. The number of benzene rings is 3. The van der Waals surface area contributed by atoms with E-state index in [1.165, 1.54) is 39.5 Å². The summed E-state index contributed by atoms with van der Waals surface area (Å²) in [6.45, 7) is 0.337. The number of hydrogen-bond acceptors (Lipinski definition) is 6. The number of rotatable bonds is 9. The number of hydrogen-bond donors (Lipinski definition) is 1. The van der Waals surface area contributed by atoms with Crippen LogP contribution in [0.1, 0.15) is 21.5 Å². The van der Waals surface area contributed by atoms with Gasteiger partial charge >= 0.3 is 0 Å². The van der Waals surface area contributed by atoms with Crippen molar-refractivity contribution in [2.45, 2.75) is 6.61 Å². The summed E-state index contributed by atoms with van der Waals surface area (Å²) in [5.74, 6) is 1.59. The van der Waals surface area contributed by atoms with Crippen molar-refractivity contribution in [2.24, 2.45) is 0 Å². The number of allylic oxidation sites excluding steroid dienone is 1. The monoisotopic (exact) mass is 420 g/mol. The van der Waals surface area contributed by atoms with E-state index in [0.29, 0.717) is 40.7 Å². The van der Waals surface area contributed by atoms with E-state index in [9.17, 15) is 9.90 Å². The van der Waals surface area contributed by atoms with Crippen molar-refractivity contribution >= 4 is 11.9 Å². The van der Waals surface area contributed by atoms with Gasteiger partial charge in [-0.05, 0) is 42.0 Å². The van der Waals surface area contributed by atoms with Gasteiger partial charge in [0.25, 0.3) is 0 Å². The molecule has 0 amide bonds. The van der Waals surface area contributed by atoms with Gasteiger partial charge in [0.2, 0.25) is 0 Å². The normalized spacial score (nSPS) is 10.7. The smallest absolute Gasteiger partial charge is 0.185 e. The number of phenols is 1. The molecule has 0 aliphatic heterocycles. The van der Waals surface area contributed by atoms with Crippen LogP contribution in [0.15, 0.2) is 66.7 Å². The number of phenolic OH excluding ortho intramolecular Hbond substituents is 1. The first kappa shape index (κ1) is 21.8. The average molecular weight is 420 g/mol. The molecule has 0 aliphatic carbocycles. The van der Waals surface area contributed by atoms with Crippen molar-refractivity contribution in [1.82, 2.24) is 0 Å². The van der Waals surface area contributed by atoms with Gasteiger partial charge in [-0.2, -0.15) is 0 Å². The van der Waals surface area contributed by atoms with E-state index in [2.05, 4.69) is 0 Å². The van der Waals surface area contributed by atoms with Crippen molar-refractivity contribution < 1.29 is 28.8 Å². The molecular weight excluding hydrogens is 396 g/mol. The molecule has 0 aromatic heterocycles. The van der Waals surface area contributed by atoms with Gasteiger partial charge in [0, 0.05) is 17.2 Å². The maximum atomic E-state index is 12.6. The zero-order chi connectivity index (χ0) is 22.2. The zero-order valence-electron chi connectivity index (χ0n) is 17.6. The molecule has 0 radical (unpaired) electrons. The second kappa shape index (κ2) is 10.2. The largest absolute Gasteiger partial charge is 0.507 e. The van der Waals surface area contributed by atoms with Gasteiger partial charge in [-0.1, -0.05) is 30.3 Å². The Morgan fingerprint density at radius 1 is 0.839 bits per heavy atom. The molecule has 0 atom stereocenters. The summed E-state index contributed by atoms with van der Waals surface area (Å²) in [5, 5.41) is 10.4. The molecule has 0 spiro atoms. The standard InChI is InChI=1S/C25H24O6/c1-28-22-12-10-18(13-23(22)29-2)20(26)11-9-19-14-24(30-3)25(15-21(19)27)31-16-17-7-5-4-6-8-17/h4-15,27H,16H2,1-3H3. The van der Waals surface area contributed by atoms with E-state index in [0.717, 1.165) is 5.56 Å². The third-order valence-electron chi connectivity index (χ3n) is 4.63. The van der Waals surface area contributed by atoms with Crippen LogP contribution in [0.2, 0.25) is 0 Å². The fourth-order valence-corrected chi connectivity index (χ4v) is 2.96. The minimum absolute atomic E-state index is 0.0276. The maximum absolute atomic E-state index is 12.6. The highest BCUT2D eigenvalue weighted by molar-refractivity contribution is 6.07. The molecule has 1 N–H and O–H groups in total. The van der Waals surface area contributed by atoms with Gasteiger partial charge in [-0.15, -0.1) is 0 Å². The third-order valence-corrected chi connectivity index (χ3v) is 4.63. The Morgan fingerprint density at radius 2 is 1.52 bits per heavy atom. The Morgan fingerprint density at radius 3 is 2.19 bits per heavy atom. The third kappa shape index (κ3) is 5.36. The summed E-state index contributed by atoms with van der Waals surface area (Å²) in [6, 6.07) is 17.7. The molecule has 0 unspecified atom stereocenters. The molecule has 3 aromatic rings. The van der Waals surface area contributed by atoms with Crippen LogP contribution in [0, 0.1) is 0 Å². The molecule has 160 valence electrons. The van der Waals surface area contributed by atoms with Gasteiger partial charge in [-0.25, -0.2) is 0 Å².